The Bertz CT molecular complexity index is 1990. The highest BCUT2D eigenvalue weighted by Crippen LogP contribution is 2.57. The van der Waals surface area contributed by atoms with Gasteiger partial charge in [0.25, 0.3) is 34.1 Å². The van der Waals surface area contributed by atoms with Gasteiger partial charge in [0.1, 0.15) is 0 Å². The number of imide groups is 2. The predicted molar refractivity (Wildman–Crippen MR) is 161 cm³/mol. The average Bonchev–Trinajstić information content (AvgIpc) is 3.43. The van der Waals surface area contributed by atoms with E-state index >= 15 is 26.3 Å². The molecular formula is C33H14Cl2F6N2O6. The summed E-state index contributed by atoms with van der Waals surface area (Å²) in [5.41, 5.74) is -10.7. The first kappa shape index (κ1) is 33.6. The third kappa shape index (κ3) is 5.01. The van der Waals surface area contributed by atoms with E-state index in [1.54, 1.807) is 0 Å². The SMILES string of the molecule is O=C(Cl)c1ccc(N2C(=O)c3ccc(C(c4ccc5c(c4)C(=O)N(c4ccc(C(=O)Cl)cc4)C5=O)(C(F)(F)F)C(F)(F)F)cc3C2=O)cc1. The molecular weight excluding hydrogens is 705 g/mol. The van der Waals surface area contributed by atoms with E-state index in [2.05, 4.69) is 0 Å². The van der Waals surface area contributed by atoms with Crippen molar-refractivity contribution in [3.63, 3.8) is 0 Å². The average molecular weight is 719 g/mol. The van der Waals surface area contributed by atoms with Crippen molar-refractivity contribution in [2.75, 3.05) is 9.80 Å². The Kier molecular flexibility index (Phi) is 7.79. The second-order valence-electron chi connectivity index (χ2n) is 10.8. The van der Waals surface area contributed by atoms with E-state index < -0.39 is 85.3 Å². The van der Waals surface area contributed by atoms with Crippen molar-refractivity contribution in [1.29, 1.82) is 0 Å². The Labute approximate surface area is 280 Å². The Balaban J connectivity index is 1.47. The summed E-state index contributed by atoms with van der Waals surface area (Å²) in [6, 6.07) is 12.0. The summed E-state index contributed by atoms with van der Waals surface area (Å²) in [4.78, 5) is 76.7. The zero-order valence-electron chi connectivity index (χ0n) is 24.0. The molecule has 2 aliphatic heterocycles. The van der Waals surface area contributed by atoms with Gasteiger partial charge >= 0.3 is 12.4 Å². The molecule has 0 saturated heterocycles. The summed E-state index contributed by atoms with van der Waals surface area (Å²) in [6.45, 7) is 0. The molecule has 8 nitrogen and oxygen atoms in total. The van der Waals surface area contributed by atoms with Crippen LogP contribution in [0.3, 0.4) is 0 Å². The third-order valence-electron chi connectivity index (χ3n) is 8.19. The van der Waals surface area contributed by atoms with Gasteiger partial charge in [-0.05, 0) is 107 Å². The van der Waals surface area contributed by atoms with Gasteiger partial charge in [-0.1, -0.05) is 12.1 Å². The van der Waals surface area contributed by atoms with Crippen molar-refractivity contribution >= 4 is 68.7 Å². The standard InChI is InChI=1S/C33H14Cl2F6N2O6/c34-25(44)15-1-7-19(8-2-15)42-27(46)21-11-5-17(13-23(21)29(42)48)31(32(36,37)38,33(39,40)41)18-6-12-22-24(14-18)30(49)43(28(22)47)20-9-3-16(4-10-20)26(35)45/h1-14H. The van der Waals surface area contributed by atoms with Crippen LogP contribution in [0.1, 0.15) is 73.3 Å². The minimum atomic E-state index is -6.15. The summed E-state index contributed by atoms with van der Waals surface area (Å²) in [5.74, 6) is -4.58. The van der Waals surface area contributed by atoms with Crippen LogP contribution in [-0.2, 0) is 5.41 Å². The topological polar surface area (TPSA) is 109 Å². The molecule has 0 spiro atoms. The highest BCUT2D eigenvalue weighted by molar-refractivity contribution is 6.68. The van der Waals surface area contributed by atoms with Crippen LogP contribution in [0.2, 0.25) is 0 Å². The van der Waals surface area contributed by atoms with Crippen molar-refractivity contribution in [2.24, 2.45) is 0 Å². The molecule has 4 aromatic rings. The number of fused-ring (bicyclic) bond motifs is 2. The maximum absolute atomic E-state index is 15.1. The van der Waals surface area contributed by atoms with Crippen molar-refractivity contribution < 1.29 is 55.1 Å². The van der Waals surface area contributed by atoms with Gasteiger partial charge in [-0.15, -0.1) is 0 Å². The molecule has 6 rings (SSSR count). The van der Waals surface area contributed by atoms with E-state index in [1.807, 2.05) is 0 Å². The Hall–Kier alpha value is -5.34. The van der Waals surface area contributed by atoms with Gasteiger partial charge in [0.05, 0.1) is 33.6 Å². The van der Waals surface area contributed by atoms with Gasteiger partial charge in [0, 0.05) is 11.1 Å². The molecule has 0 N–H and O–H groups in total. The smallest absolute Gasteiger partial charge is 0.276 e. The van der Waals surface area contributed by atoms with Crippen LogP contribution in [0.4, 0.5) is 37.7 Å². The van der Waals surface area contributed by atoms with Crippen molar-refractivity contribution in [3.05, 3.63) is 129 Å². The molecule has 0 fully saturated rings. The summed E-state index contributed by atoms with van der Waals surface area (Å²) in [7, 11) is 0. The zero-order valence-corrected chi connectivity index (χ0v) is 25.5. The molecule has 49 heavy (non-hydrogen) atoms. The molecule has 0 saturated carbocycles. The molecule has 2 aliphatic rings. The number of rotatable bonds is 6. The van der Waals surface area contributed by atoms with Crippen LogP contribution in [0.25, 0.3) is 0 Å². The van der Waals surface area contributed by atoms with Gasteiger partial charge in [0.15, 0.2) is 0 Å². The fraction of sp³-hybridized carbons (Fsp3) is 0.0909. The number of halogens is 8. The van der Waals surface area contributed by atoms with E-state index in [0.29, 0.717) is 46.2 Å². The van der Waals surface area contributed by atoms with Crippen molar-refractivity contribution in [2.45, 2.75) is 17.8 Å². The number of benzene rings is 4. The monoisotopic (exact) mass is 718 g/mol. The molecule has 248 valence electrons. The lowest BCUT2D eigenvalue weighted by atomic mass is 9.71. The quantitative estimate of drug-likeness (QED) is 0.116. The lowest BCUT2D eigenvalue weighted by Gasteiger charge is -2.38. The first-order valence-electron chi connectivity index (χ1n) is 13.7. The summed E-state index contributed by atoms with van der Waals surface area (Å²) in [5, 5.41) is -1.73. The number of carbonyl (C=O) groups excluding carboxylic acids is 6. The Morgan fingerprint density at radius 2 is 0.776 bits per heavy atom. The third-order valence-corrected chi connectivity index (χ3v) is 8.63. The highest BCUT2D eigenvalue weighted by Gasteiger charge is 2.73. The van der Waals surface area contributed by atoms with E-state index in [-0.39, 0.29) is 22.5 Å². The normalized spacial score (nSPS) is 14.8. The fourth-order valence-electron chi connectivity index (χ4n) is 5.88. The van der Waals surface area contributed by atoms with Crippen LogP contribution < -0.4 is 9.80 Å². The van der Waals surface area contributed by atoms with E-state index in [9.17, 15) is 28.8 Å². The minimum Gasteiger partial charge on any atom is -0.276 e. The molecule has 4 aromatic carbocycles. The van der Waals surface area contributed by atoms with Gasteiger partial charge in [0.2, 0.25) is 5.41 Å². The number of hydrogen-bond donors (Lipinski definition) is 0. The second kappa shape index (κ2) is 11.4. The molecule has 2 heterocycles. The van der Waals surface area contributed by atoms with Crippen molar-refractivity contribution in [1.82, 2.24) is 0 Å². The number of carbonyl (C=O) groups is 6. The zero-order chi connectivity index (χ0) is 35.8. The molecule has 0 aliphatic carbocycles. The molecule has 0 aromatic heterocycles. The highest BCUT2D eigenvalue weighted by atomic mass is 35.5. The number of anilines is 2. The Morgan fingerprint density at radius 3 is 1.06 bits per heavy atom. The van der Waals surface area contributed by atoms with E-state index in [4.69, 9.17) is 23.2 Å². The number of hydrogen-bond acceptors (Lipinski definition) is 6. The molecule has 0 unspecified atom stereocenters. The van der Waals surface area contributed by atoms with Gasteiger partial charge in [-0.25, -0.2) is 9.80 Å². The van der Waals surface area contributed by atoms with Gasteiger partial charge in [-0.2, -0.15) is 26.3 Å². The maximum atomic E-state index is 15.1. The minimum absolute atomic E-state index is 0.0113. The molecule has 0 atom stereocenters. The molecule has 0 bridgehead atoms. The lowest BCUT2D eigenvalue weighted by molar-refractivity contribution is -0.288. The van der Waals surface area contributed by atoms with Crippen LogP contribution in [0.5, 0.6) is 0 Å². The first-order chi connectivity index (χ1) is 22.9. The summed E-state index contributed by atoms with van der Waals surface area (Å²) in [6.07, 6.45) is -12.3. The summed E-state index contributed by atoms with van der Waals surface area (Å²) >= 11 is 10.8. The van der Waals surface area contributed by atoms with Gasteiger partial charge < -0.3 is 0 Å². The first-order valence-corrected chi connectivity index (χ1v) is 14.5. The molecule has 4 amide bonds. The van der Waals surface area contributed by atoms with E-state index in [1.165, 1.54) is 0 Å². The molecule has 0 radical (unpaired) electrons. The van der Waals surface area contributed by atoms with Crippen LogP contribution in [0.15, 0.2) is 84.9 Å². The van der Waals surface area contributed by atoms with Crippen molar-refractivity contribution in [3.8, 4) is 0 Å². The van der Waals surface area contributed by atoms with Crippen LogP contribution in [0, 0.1) is 0 Å². The summed E-state index contributed by atoms with van der Waals surface area (Å²) < 4.78 is 90.4. The predicted octanol–water partition coefficient (Wildman–Crippen LogP) is 7.46. The van der Waals surface area contributed by atoms with E-state index in [0.717, 1.165) is 48.5 Å². The molecule has 16 heteroatoms. The number of nitrogens with zero attached hydrogens (tertiary/aromatic N) is 2. The number of amides is 4. The lowest BCUT2D eigenvalue weighted by Crippen LogP contribution is -2.55. The van der Waals surface area contributed by atoms with Gasteiger partial charge in [-0.3, -0.25) is 28.8 Å². The maximum Gasteiger partial charge on any atom is 0.411 e. The fourth-order valence-corrected chi connectivity index (χ4v) is 6.13. The second-order valence-corrected chi connectivity index (χ2v) is 11.5. The largest absolute Gasteiger partial charge is 0.411 e. The van der Waals surface area contributed by atoms with Crippen LogP contribution in [-0.4, -0.2) is 46.5 Å². The van der Waals surface area contributed by atoms with Crippen LogP contribution >= 0.6 is 23.2 Å². The number of alkyl halides is 6. The Morgan fingerprint density at radius 1 is 0.469 bits per heavy atom.